The summed E-state index contributed by atoms with van der Waals surface area (Å²) >= 11 is 0. The van der Waals surface area contributed by atoms with Gasteiger partial charge in [0.1, 0.15) is 34.9 Å². The first-order valence-electron chi connectivity index (χ1n) is 13.0. The molecule has 0 N–H and O–H groups in total. The maximum absolute atomic E-state index is 7.11. The fraction of sp³-hybridized carbons (Fsp3) is 0.375. The van der Waals surface area contributed by atoms with E-state index in [4.69, 9.17) is 33.2 Å². The highest BCUT2D eigenvalue weighted by molar-refractivity contribution is 5.49. The minimum absolute atomic E-state index is 0.115. The number of hydrogen-bond donors (Lipinski definition) is 0. The van der Waals surface area contributed by atoms with Crippen LogP contribution in [-0.4, -0.2) is 57.8 Å². The molecule has 0 saturated carbocycles. The summed E-state index contributed by atoms with van der Waals surface area (Å²) in [7, 11) is 4.90. The summed E-state index contributed by atoms with van der Waals surface area (Å²) < 4.78 is 42.6. The summed E-state index contributed by atoms with van der Waals surface area (Å²) in [6.45, 7) is 8.01. The highest BCUT2D eigenvalue weighted by Gasteiger charge is 2.63. The lowest BCUT2D eigenvalue weighted by Crippen LogP contribution is -2.48. The fourth-order valence-electron chi connectivity index (χ4n) is 5.53. The Morgan fingerprint density at radius 1 is 0.769 bits per heavy atom. The highest BCUT2D eigenvalue weighted by atomic mass is 16.8. The Morgan fingerprint density at radius 3 is 1.79 bits per heavy atom. The standard InChI is InChI=1S/C32H36O7/c1-7-31(28-27(29(35-6)39-31)37-30(2,3)38-28)21-36-32(22-11-9-8-10-12-22,23-13-17-25(33-4)18-14-23)24-15-19-26(34-5)20-16-24/h7-20,27-29H,1,21H2,2-6H3/t27-,28+,29-,31-/m1/s1. The van der Waals surface area contributed by atoms with Gasteiger partial charge in [-0.25, -0.2) is 0 Å². The van der Waals surface area contributed by atoms with Crippen LogP contribution in [0.25, 0.3) is 0 Å². The first kappa shape index (κ1) is 27.4. The van der Waals surface area contributed by atoms with Crippen LogP contribution in [0.4, 0.5) is 0 Å². The van der Waals surface area contributed by atoms with Gasteiger partial charge < -0.3 is 33.2 Å². The molecule has 7 heteroatoms. The van der Waals surface area contributed by atoms with Crippen LogP contribution in [0.5, 0.6) is 11.5 Å². The van der Waals surface area contributed by atoms with E-state index < -0.39 is 35.5 Å². The number of ether oxygens (including phenoxy) is 7. The van der Waals surface area contributed by atoms with E-state index >= 15 is 0 Å². The molecule has 5 rings (SSSR count). The molecule has 206 valence electrons. The summed E-state index contributed by atoms with van der Waals surface area (Å²) in [4.78, 5) is 0. The Morgan fingerprint density at radius 2 is 1.31 bits per heavy atom. The third kappa shape index (κ3) is 4.86. The lowest BCUT2D eigenvalue weighted by atomic mass is 9.79. The van der Waals surface area contributed by atoms with Crippen molar-refractivity contribution in [3.63, 3.8) is 0 Å². The van der Waals surface area contributed by atoms with Crippen molar-refractivity contribution >= 4 is 0 Å². The smallest absolute Gasteiger partial charge is 0.187 e. The number of hydrogen-bond acceptors (Lipinski definition) is 7. The lowest BCUT2D eigenvalue weighted by molar-refractivity contribution is -0.251. The monoisotopic (exact) mass is 532 g/mol. The summed E-state index contributed by atoms with van der Waals surface area (Å²) in [5, 5.41) is 0. The molecule has 0 aliphatic carbocycles. The third-order valence-corrected chi connectivity index (χ3v) is 7.48. The summed E-state index contributed by atoms with van der Waals surface area (Å²) in [5.74, 6) is 0.704. The second-order valence-electron chi connectivity index (χ2n) is 10.2. The van der Waals surface area contributed by atoms with Gasteiger partial charge in [0.15, 0.2) is 12.1 Å². The normalized spacial score (nSPS) is 25.7. The van der Waals surface area contributed by atoms with E-state index in [1.165, 1.54) is 0 Å². The number of fused-ring (bicyclic) bond motifs is 1. The van der Waals surface area contributed by atoms with Gasteiger partial charge in [0.2, 0.25) is 0 Å². The minimum atomic E-state index is -1.03. The molecule has 39 heavy (non-hydrogen) atoms. The van der Waals surface area contributed by atoms with Gasteiger partial charge in [-0.05, 0) is 54.8 Å². The molecule has 2 aliphatic heterocycles. The first-order valence-corrected chi connectivity index (χ1v) is 13.0. The number of benzene rings is 3. The predicted molar refractivity (Wildman–Crippen MR) is 147 cm³/mol. The molecule has 4 atom stereocenters. The largest absolute Gasteiger partial charge is 0.497 e. The first-order chi connectivity index (χ1) is 18.8. The Balaban J connectivity index is 1.64. The molecule has 0 bridgehead atoms. The fourth-order valence-corrected chi connectivity index (χ4v) is 5.53. The molecule has 0 aromatic heterocycles. The van der Waals surface area contributed by atoms with Crippen LogP contribution in [-0.2, 0) is 29.3 Å². The van der Waals surface area contributed by atoms with Gasteiger partial charge in [0.05, 0.1) is 20.8 Å². The molecule has 0 amide bonds. The van der Waals surface area contributed by atoms with Gasteiger partial charge in [0, 0.05) is 7.11 Å². The van der Waals surface area contributed by atoms with Crippen LogP contribution in [0.1, 0.15) is 30.5 Å². The van der Waals surface area contributed by atoms with E-state index in [2.05, 4.69) is 18.7 Å². The van der Waals surface area contributed by atoms with Crippen LogP contribution >= 0.6 is 0 Å². The number of rotatable bonds is 10. The molecule has 2 heterocycles. The van der Waals surface area contributed by atoms with Crippen molar-refractivity contribution in [1.29, 1.82) is 0 Å². The third-order valence-electron chi connectivity index (χ3n) is 7.48. The van der Waals surface area contributed by atoms with E-state index in [-0.39, 0.29) is 6.61 Å². The van der Waals surface area contributed by atoms with Crippen molar-refractivity contribution in [3.05, 3.63) is 108 Å². The quantitative estimate of drug-likeness (QED) is 0.254. The highest BCUT2D eigenvalue weighted by Crippen LogP contribution is 2.48. The van der Waals surface area contributed by atoms with Crippen molar-refractivity contribution in [3.8, 4) is 11.5 Å². The maximum Gasteiger partial charge on any atom is 0.187 e. The molecule has 3 aromatic rings. The molecule has 2 saturated heterocycles. The van der Waals surface area contributed by atoms with Crippen LogP contribution < -0.4 is 9.47 Å². The molecule has 0 unspecified atom stereocenters. The molecule has 3 aromatic carbocycles. The van der Waals surface area contributed by atoms with Gasteiger partial charge in [-0.1, -0.05) is 60.7 Å². The summed E-state index contributed by atoms with van der Waals surface area (Å²) in [5.41, 5.74) is 0.731. The van der Waals surface area contributed by atoms with E-state index in [0.29, 0.717) is 0 Å². The molecule has 0 radical (unpaired) electrons. The lowest BCUT2D eigenvalue weighted by Gasteiger charge is -2.40. The van der Waals surface area contributed by atoms with Gasteiger partial charge >= 0.3 is 0 Å². The Kier molecular flexibility index (Phi) is 7.55. The van der Waals surface area contributed by atoms with Crippen molar-refractivity contribution in [1.82, 2.24) is 0 Å². The van der Waals surface area contributed by atoms with Crippen LogP contribution in [0.2, 0.25) is 0 Å². The molecular weight excluding hydrogens is 496 g/mol. The number of methoxy groups -OCH3 is 3. The SMILES string of the molecule is C=C[C@]1(COC(c2ccccc2)(c2ccc(OC)cc2)c2ccc(OC)cc2)O[C@@H](OC)[C@@H]2OC(C)(C)O[C@@H]21. The second kappa shape index (κ2) is 10.8. The Labute approximate surface area is 230 Å². The average Bonchev–Trinajstić information content (AvgIpc) is 3.45. The van der Waals surface area contributed by atoms with E-state index in [0.717, 1.165) is 28.2 Å². The average molecular weight is 533 g/mol. The van der Waals surface area contributed by atoms with Crippen molar-refractivity contribution in [2.75, 3.05) is 27.9 Å². The van der Waals surface area contributed by atoms with Gasteiger partial charge in [-0.2, -0.15) is 0 Å². The van der Waals surface area contributed by atoms with Crippen molar-refractivity contribution in [2.45, 2.75) is 49.3 Å². The molecule has 7 nitrogen and oxygen atoms in total. The zero-order chi connectivity index (χ0) is 27.7. The van der Waals surface area contributed by atoms with E-state index in [9.17, 15) is 0 Å². The van der Waals surface area contributed by atoms with Crippen LogP contribution in [0.3, 0.4) is 0 Å². The summed E-state index contributed by atoms with van der Waals surface area (Å²) in [6.07, 6.45) is 0.202. The van der Waals surface area contributed by atoms with Crippen LogP contribution in [0, 0.1) is 0 Å². The van der Waals surface area contributed by atoms with Gasteiger partial charge in [-0.3, -0.25) is 0 Å². The summed E-state index contributed by atoms with van der Waals surface area (Å²) in [6, 6.07) is 25.9. The molecule has 2 aliphatic rings. The van der Waals surface area contributed by atoms with Gasteiger partial charge in [-0.15, -0.1) is 6.58 Å². The van der Waals surface area contributed by atoms with Gasteiger partial charge in [0.25, 0.3) is 0 Å². The molecule has 0 spiro atoms. The van der Waals surface area contributed by atoms with Crippen LogP contribution in [0.15, 0.2) is 91.5 Å². The van der Waals surface area contributed by atoms with E-state index in [1.54, 1.807) is 27.4 Å². The maximum atomic E-state index is 7.11. The Bertz CT molecular complexity index is 1210. The second-order valence-corrected chi connectivity index (χ2v) is 10.2. The molecular formula is C32H36O7. The zero-order valence-electron chi connectivity index (χ0n) is 23.1. The Hall–Kier alpha value is -3.20. The zero-order valence-corrected chi connectivity index (χ0v) is 23.1. The predicted octanol–water partition coefficient (Wildman–Crippen LogP) is 5.46. The molecule has 2 fully saturated rings. The minimum Gasteiger partial charge on any atom is -0.497 e. The van der Waals surface area contributed by atoms with E-state index in [1.807, 2.05) is 80.6 Å². The van der Waals surface area contributed by atoms with Crippen molar-refractivity contribution in [2.24, 2.45) is 0 Å². The van der Waals surface area contributed by atoms with Crippen molar-refractivity contribution < 1.29 is 33.2 Å². The topological polar surface area (TPSA) is 64.6 Å².